The first-order chi connectivity index (χ1) is 16.1. The average molecular weight is 498 g/mol. The lowest BCUT2D eigenvalue weighted by molar-refractivity contribution is -0.137. The summed E-state index contributed by atoms with van der Waals surface area (Å²) in [4.78, 5) is 16.8. The number of amides is 1. The van der Waals surface area contributed by atoms with E-state index >= 15 is 0 Å². The molecule has 11 heteroatoms. The molecule has 1 aliphatic heterocycles. The van der Waals surface area contributed by atoms with Crippen molar-refractivity contribution in [1.82, 2.24) is 9.62 Å². The molecule has 4 rings (SSSR count). The third-order valence-electron chi connectivity index (χ3n) is 6.06. The summed E-state index contributed by atoms with van der Waals surface area (Å²) in [5, 5.41) is 0. The first-order valence-electron chi connectivity index (χ1n) is 11.0. The number of nitrogens with one attached hydrogen (secondary N) is 1. The van der Waals surface area contributed by atoms with E-state index in [0.717, 1.165) is 25.0 Å². The van der Waals surface area contributed by atoms with E-state index in [2.05, 4.69) is 4.72 Å². The highest BCUT2D eigenvalue weighted by Gasteiger charge is 2.31. The van der Waals surface area contributed by atoms with Crippen molar-refractivity contribution < 1.29 is 31.1 Å². The van der Waals surface area contributed by atoms with Crippen molar-refractivity contribution >= 4 is 21.6 Å². The van der Waals surface area contributed by atoms with Crippen LogP contribution in [0.25, 0.3) is 0 Å². The molecule has 0 bridgehead atoms. The number of alkyl halides is 3. The van der Waals surface area contributed by atoms with E-state index in [1.807, 2.05) is 4.90 Å². The van der Waals surface area contributed by atoms with Gasteiger partial charge >= 0.3 is 6.18 Å². The number of anilines is 1. The smallest absolute Gasteiger partial charge is 0.416 e. The molecule has 34 heavy (non-hydrogen) atoms. The van der Waals surface area contributed by atoms with Gasteiger partial charge in [-0.25, -0.2) is 13.1 Å². The molecule has 2 aromatic carbocycles. The van der Waals surface area contributed by atoms with Crippen LogP contribution in [0.15, 0.2) is 47.4 Å². The minimum Gasteiger partial charge on any atom is -0.492 e. The quantitative estimate of drug-likeness (QED) is 0.635. The van der Waals surface area contributed by atoms with Crippen molar-refractivity contribution in [3.63, 3.8) is 0 Å². The molecule has 1 heterocycles. The molecule has 0 unspecified atom stereocenters. The van der Waals surface area contributed by atoms with Gasteiger partial charge in [-0.05, 0) is 68.3 Å². The SMILES string of the molecule is CNS(=O)(=O)c1ccc(OCC2CC2)c(C(=O)N2CCN(c3ccc(C(F)(F)F)cc3)CC2)c1. The Labute approximate surface area is 196 Å². The number of carbonyl (C=O) groups excluding carboxylic acids is 1. The molecule has 184 valence electrons. The van der Waals surface area contributed by atoms with Crippen LogP contribution in [0.5, 0.6) is 5.75 Å². The van der Waals surface area contributed by atoms with Gasteiger partial charge in [-0.15, -0.1) is 0 Å². The summed E-state index contributed by atoms with van der Waals surface area (Å²) < 4.78 is 71.1. The molecule has 0 aromatic heterocycles. The van der Waals surface area contributed by atoms with Gasteiger partial charge in [0.25, 0.3) is 5.91 Å². The second-order valence-electron chi connectivity index (χ2n) is 8.44. The number of rotatable bonds is 7. The number of carbonyl (C=O) groups is 1. The zero-order chi connectivity index (χ0) is 24.5. The summed E-state index contributed by atoms with van der Waals surface area (Å²) in [5.41, 5.74) is 0.121. The number of hydrogen-bond donors (Lipinski definition) is 1. The topological polar surface area (TPSA) is 78.9 Å². The normalized spacial score (nSPS) is 17.1. The average Bonchev–Trinajstić information content (AvgIpc) is 3.66. The zero-order valence-electron chi connectivity index (χ0n) is 18.6. The van der Waals surface area contributed by atoms with Crippen LogP contribution >= 0.6 is 0 Å². The van der Waals surface area contributed by atoms with Crippen LogP contribution in [0.3, 0.4) is 0 Å². The number of hydrogen-bond acceptors (Lipinski definition) is 5. The standard InChI is InChI=1S/C23H26F3N3O4S/c1-27-34(31,32)19-8-9-21(33-15-16-2-3-16)20(14-19)22(30)29-12-10-28(11-13-29)18-6-4-17(5-7-18)23(24,25)26/h4-9,14,16,27H,2-3,10-13,15H2,1H3. The van der Waals surface area contributed by atoms with Crippen LogP contribution in [-0.4, -0.2) is 59.1 Å². The maximum Gasteiger partial charge on any atom is 0.416 e. The molecule has 0 spiro atoms. The van der Waals surface area contributed by atoms with Crippen LogP contribution in [0.4, 0.5) is 18.9 Å². The van der Waals surface area contributed by atoms with Crippen LogP contribution in [0.2, 0.25) is 0 Å². The maximum absolute atomic E-state index is 13.3. The van der Waals surface area contributed by atoms with Crippen molar-refractivity contribution in [3.8, 4) is 5.75 Å². The van der Waals surface area contributed by atoms with E-state index in [0.29, 0.717) is 50.1 Å². The Kier molecular flexibility index (Phi) is 6.77. The van der Waals surface area contributed by atoms with E-state index in [1.165, 1.54) is 37.4 Å². The molecule has 1 N–H and O–H groups in total. The van der Waals surface area contributed by atoms with Crippen LogP contribution in [0, 0.1) is 5.92 Å². The first kappa shape index (κ1) is 24.3. The summed E-state index contributed by atoms with van der Waals surface area (Å²) in [7, 11) is -2.44. The summed E-state index contributed by atoms with van der Waals surface area (Å²) in [5.74, 6) is 0.457. The van der Waals surface area contributed by atoms with E-state index in [1.54, 1.807) is 4.90 Å². The molecular weight excluding hydrogens is 471 g/mol. The molecule has 1 saturated carbocycles. The Morgan fingerprint density at radius 1 is 1.06 bits per heavy atom. The van der Waals surface area contributed by atoms with E-state index < -0.39 is 21.8 Å². The Morgan fingerprint density at radius 3 is 2.26 bits per heavy atom. The van der Waals surface area contributed by atoms with Crippen LogP contribution < -0.4 is 14.4 Å². The van der Waals surface area contributed by atoms with Gasteiger partial charge in [0.2, 0.25) is 10.0 Å². The summed E-state index contributed by atoms with van der Waals surface area (Å²) in [6.45, 7) is 2.02. The molecule has 1 aliphatic carbocycles. The highest BCUT2D eigenvalue weighted by molar-refractivity contribution is 7.89. The van der Waals surface area contributed by atoms with Gasteiger partial charge in [-0.2, -0.15) is 13.2 Å². The molecule has 2 aliphatic rings. The third kappa shape index (κ3) is 5.47. The molecule has 2 fully saturated rings. The van der Waals surface area contributed by atoms with Crippen molar-refractivity contribution in [1.29, 1.82) is 0 Å². The van der Waals surface area contributed by atoms with Gasteiger partial charge in [0, 0.05) is 31.9 Å². The fraction of sp³-hybridized carbons (Fsp3) is 0.435. The Hall–Kier alpha value is -2.79. The van der Waals surface area contributed by atoms with Crippen molar-refractivity contribution in [2.45, 2.75) is 23.9 Å². The molecule has 1 saturated heterocycles. The second-order valence-corrected chi connectivity index (χ2v) is 10.3. The zero-order valence-corrected chi connectivity index (χ0v) is 19.5. The predicted molar refractivity (Wildman–Crippen MR) is 120 cm³/mol. The van der Waals surface area contributed by atoms with Gasteiger partial charge in [-0.1, -0.05) is 0 Å². The highest BCUT2D eigenvalue weighted by Crippen LogP contribution is 2.32. The molecule has 1 amide bonds. The third-order valence-corrected chi connectivity index (χ3v) is 7.47. The predicted octanol–water partition coefficient (Wildman–Crippen LogP) is 3.36. The monoisotopic (exact) mass is 497 g/mol. The Bertz CT molecular complexity index is 1140. The maximum atomic E-state index is 13.3. The van der Waals surface area contributed by atoms with Crippen LogP contribution in [0.1, 0.15) is 28.8 Å². The number of benzene rings is 2. The van der Waals surface area contributed by atoms with Crippen LogP contribution in [-0.2, 0) is 16.2 Å². The first-order valence-corrected chi connectivity index (χ1v) is 12.5. The number of halogens is 3. The van der Waals surface area contributed by atoms with E-state index in [-0.39, 0.29) is 16.4 Å². The minimum absolute atomic E-state index is 0.0273. The van der Waals surface area contributed by atoms with Crippen molar-refractivity contribution in [2.24, 2.45) is 5.92 Å². The van der Waals surface area contributed by atoms with E-state index in [9.17, 15) is 26.4 Å². The lowest BCUT2D eigenvalue weighted by atomic mass is 10.1. The Balaban J connectivity index is 1.48. The molecule has 0 radical (unpaired) electrons. The number of ether oxygens (including phenoxy) is 1. The minimum atomic E-state index is -4.39. The fourth-order valence-electron chi connectivity index (χ4n) is 3.78. The van der Waals surface area contributed by atoms with Gasteiger partial charge in [0.05, 0.1) is 22.6 Å². The Morgan fingerprint density at radius 2 is 1.71 bits per heavy atom. The summed E-state index contributed by atoms with van der Waals surface area (Å²) in [6.07, 6.45) is -2.25. The van der Waals surface area contributed by atoms with Gasteiger partial charge in [0.1, 0.15) is 5.75 Å². The number of piperazine rings is 1. The number of nitrogens with zero attached hydrogens (tertiary/aromatic N) is 2. The van der Waals surface area contributed by atoms with Gasteiger partial charge < -0.3 is 14.5 Å². The summed E-state index contributed by atoms with van der Waals surface area (Å²) >= 11 is 0. The lowest BCUT2D eigenvalue weighted by Gasteiger charge is -2.36. The summed E-state index contributed by atoms with van der Waals surface area (Å²) in [6, 6.07) is 9.20. The fourth-order valence-corrected chi connectivity index (χ4v) is 4.53. The highest BCUT2D eigenvalue weighted by atomic mass is 32.2. The lowest BCUT2D eigenvalue weighted by Crippen LogP contribution is -2.48. The largest absolute Gasteiger partial charge is 0.492 e. The van der Waals surface area contributed by atoms with Crippen molar-refractivity contribution in [2.75, 3.05) is 44.7 Å². The van der Waals surface area contributed by atoms with Gasteiger partial charge in [-0.3, -0.25) is 4.79 Å². The van der Waals surface area contributed by atoms with Gasteiger partial charge in [0.15, 0.2) is 0 Å². The molecule has 2 aromatic rings. The van der Waals surface area contributed by atoms with Crippen molar-refractivity contribution in [3.05, 3.63) is 53.6 Å². The number of sulfonamides is 1. The molecule has 0 atom stereocenters. The molecular formula is C23H26F3N3O4S. The second kappa shape index (κ2) is 9.46. The van der Waals surface area contributed by atoms with E-state index in [4.69, 9.17) is 4.74 Å². The molecule has 7 nitrogen and oxygen atoms in total.